The van der Waals surface area contributed by atoms with Gasteiger partial charge in [-0.3, -0.25) is 0 Å². The standard InChI is InChI=1S/C20H21N3O3S/c1-21-16-4-2-5-18(14-16)26-17-9-7-15(8-10-17)19-6-3-11-23-12-13-27(24,25)22-20(19)23/h2-5,7-11,14,19,21H,6,12-13H2,1H3. The van der Waals surface area contributed by atoms with Crippen molar-refractivity contribution < 1.29 is 13.2 Å². The summed E-state index contributed by atoms with van der Waals surface area (Å²) in [5.74, 6) is 2.09. The largest absolute Gasteiger partial charge is 0.457 e. The first kappa shape index (κ1) is 17.6. The highest BCUT2D eigenvalue weighted by Crippen LogP contribution is 2.32. The van der Waals surface area contributed by atoms with Crippen LogP contribution < -0.4 is 10.1 Å². The minimum atomic E-state index is -3.37. The van der Waals surface area contributed by atoms with Crippen LogP contribution in [0.3, 0.4) is 0 Å². The van der Waals surface area contributed by atoms with Crippen molar-refractivity contribution in [2.45, 2.75) is 12.3 Å². The molecular weight excluding hydrogens is 362 g/mol. The number of fused-ring (bicyclic) bond motifs is 1. The van der Waals surface area contributed by atoms with E-state index in [4.69, 9.17) is 4.74 Å². The minimum absolute atomic E-state index is 0.0615. The van der Waals surface area contributed by atoms with Crippen LogP contribution in [0.15, 0.2) is 65.2 Å². The second kappa shape index (κ2) is 7.08. The maximum Gasteiger partial charge on any atom is 0.256 e. The molecule has 0 fully saturated rings. The van der Waals surface area contributed by atoms with Gasteiger partial charge in [-0.15, -0.1) is 4.40 Å². The lowest BCUT2D eigenvalue weighted by Gasteiger charge is -2.33. The highest BCUT2D eigenvalue weighted by molar-refractivity contribution is 7.90. The molecule has 2 aromatic carbocycles. The summed E-state index contributed by atoms with van der Waals surface area (Å²) in [4.78, 5) is 1.93. The second-order valence-corrected chi connectivity index (χ2v) is 8.31. The molecule has 4 rings (SSSR count). The summed E-state index contributed by atoms with van der Waals surface area (Å²) in [6.07, 6.45) is 4.72. The van der Waals surface area contributed by atoms with E-state index in [9.17, 15) is 8.42 Å². The first-order valence-electron chi connectivity index (χ1n) is 8.85. The van der Waals surface area contributed by atoms with Gasteiger partial charge in [0.25, 0.3) is 10.0 Å². The van der Waals surface area contributed by atoms with Gasteiger partial charge in [0.15, 0.2) is 0 Å². The van der Waals surface area contributed by atoms with Crippen molar-refractivity contribution >= 4 is 21.5 Å². The van der Waals surface area contributed by atoms with Crippen molar-refractivity contribution in [3.63, 3.8) is 0 Å². The molecule has 0 spiro atoms. The van der Waals surface area contributed by atoms with E-state index in [1.54, 1.807) is 0 Å². The van der Waals surface area contributed by atoms with Crippen LogP contribution in [-0.4, -0.2) is 38.5 Å². The lowest BCUT2D eigenvalue weighted by atomic mass is 9.92. The van der Waals surface area contributed by atoms with Gasteiger partial charge in [0.05, 0.1) is 5.75 Å². The number of benzene rings is 2. The third-order valence-corrected chi connectivity index (χ3v) is 5.89. The Morgan fingerprint density at radius 2 is 1.96 bits per heavy atom. The zero-order chi connectivity index (χ0) is 18.9. The van der Waals surface area contributed by atoms with Crippen LogP contribution in [0, 0.1) is 0 Å². The molecule has 2 aliphatic rings. The Morgan fingerprint density at radius 3 is 2.74 bits per heavy atom. The van der Waals surface area contributed by atoms with Gasteiger partial charge in [-0.05, 0) is 36.2 Å². The normalized spacial score (nSPS) is 20.6. The van der Waals surface area contributed by atoms with E-state index < -0.39 is 10.0 Å². The Hall–Kier alpha value is -2.80. The van der Waals surface area contributed by atoms with Gasteiger partial charge < -0.3 is 15.0 Å². The van der Waals surface area contributed by atoms with Crippen LogP contribution in [0.5, 0.6) is 11.5 Å². The topological polar surface area (TPSA) is 71.0 Å². The SMILES string of the molecule is CNc1cccc(Oc2ccc(C3CC=CN4CCS(=O)(=O)N=C34)cc2)c1. The molecule has 0 bridgehead atoms. The first-order valence-corrected chi connectivity index (χ1v) is 10.5. The predicted octanol–water partition coefficient (Wildman–Crippen LogP) is 3.57. The Morgan fingerprint density at radius 1 is 1.15 bits per heavy atom. The first-order chi connectivity index (χ1) is 13.0. The average Bonchev–Trinajstić information content (AvgIpc) is 2.68. The molecule has 0 saturated heterocycles. The molecule has 0 saturated carbocycles. The molecule has 140 valence electrons. The molecule has 7 heteroatoms. The van der Waals surface area contributed by atoms with E-state index in [0.29, 0.717) is 12.4 Å². The highest BCUT2D eigenvalue weighted by Gasteiger charge is 2.31. The van der Waals surface area contributed by atoms with E-state index in [1.165, 1.54) is 0 Å². The molecule has 0 amide bonds. The monoisotopic (exact) mass is 383 g/mol. The summed E-state index contributed by atoms with van der Waals surface area (Å²) in [7, 11) is -1.50. The molecule has 0 aliphatic carbocycles. The summed E-state index contributed by atoms with van der Waals surface area (Å²) < 4.78 is 33.8. The molecule has 27 heavy (non-hydrogen) atoms. The number of sulfonamides is 1. The average molecular weight is 383 g/mol. The van der Waals surface area contributed by atoms with Gasteiger partial charge in [-0.25, -0.2) is 8.42 Å². The number of allylic oxidation sites excluding steroid dienone is 1. The summed E-state index contributed by atoms with van der Waals surface area (Å²) >= 11 is 0. The molecule has 1 N–H and O–H groups in total. The summed E-state index contributed by atoms with van der Waals surface area (Å²) in [5.41, 5.74) is 2.01. The zero-order valence-electron chi connectivity index (χ0n) is 15.0. The minimum Gasteiger partial charge on any atom is -0.457 e. The van der Waals surface area contributed by atoms with Crippen LogP contribution in [0.4, 0.5) is 5.69 Å². The van der Waals surface area contributed by atoms with Gasteiger partial charge in [-0.1, -0.05) is 24.3 Å². The van der Waals surface area contributed by atoms with Crippen molar-refractivity contribution in [3.05, 3.63) is 66.4 Å². The van der Waals surface area contributed by atoms with Gasteiger partial charge in [-0.2, -0.15) is 0 Å². The number of ether oxygens (including phenoxy) is 1. The smallest absolute Gasteiger partial charge is 0.256 e. The quantitative estimate of drug-likeness (QED) is 0.874. The molecule has 6 nitrogen and oxygen atoms in total. The van der Waals surface area contributed by atoms with Gasteiger partial charge in [0, 0.05) is 37.5 Å². The number of hydrogen-bond donors (Lipinski definition) is 1. The maximum atomic E-state index is 11.9. The Balaban J connectivity index is 1.56. The fourth-order valence-corrected chi connectivity index (χ4v) is 4.35. The molecule has 2 aliphatic heterocycles. The van der Waals surface area contributed by atoms with E-state index >= 15 is 0 Å². The lowest BCUT2D eigenvalue weighted by Crippen LogP contribution is -2.41. The van der Waals surface area contributed by atoms with Crippen molar-refractivity contribution in [3.8, 4) is 11.5 Å². The fraction of sp³-hybridized carbons (Fsp3) is 0.250. The van der Waals surface area contributed by atoms with Crippen LogP contribution in [0.2, 0.25) is 0 Å². The Kier molecular flexibility index (Phi) is 4.61. The van der Waals surface area contributed by atoms with E-state index in [-0.39, 0.29) is 11.7 Å². The molecule has 1 unspecified atom stereocenters. The van der Waals surface area contributed by atoms with Crippen LogP contribution in [-0.2, 0) is 10.0 Å². The van der Waals surface area contributed by atoms with E-state index in [0.717, 1.165) is 29.2 Å². The summed E-state index contributed by atoms with van der Waals surface area (Å²) in [6, 6.07) is 15.5. The lowest BCUT2D eigenvalue weighted by molar-refractivity contribution is 0.482. The van der Waals surface area contributed by atoms with Crippen LogP contribution >= 0.6 is 0 Å². The molecule has 2 heterocycles. The predicted molar refractivity (Wildman–Crippen MR) is 107 cm³/mol. The van der Waals surface area contributed by atoms with Gasteiger partial charge >= 0.3 is 0 Å². The summed E-state index contributed by atoms with van der Waals surface area (Å²) in [6.45, 7) is 0.456. The molecule has 2 aromatic rings. The second-order valence-electron chi connectivity index (χ2n) is 6.55. The maximum absolute atomic E-state index is 11.9. The third-order valence-electron chi connectivity index (χ3n) is 4.73. The molecule has 0 aromatic heterocycles. The number of amidine groups is 1. The van der Waals surface area contributed by atoms with E-state index in [2.05, 4.69) is 15.8 Å². The number of nitrogens with zero attached hydrogens (tertiary/aromatic N) is 2. The summed E-state index contributed by atoms with van der Waals surface area (Å²) in [5, 5.41) is 3.08. The van der Waals surface area contributed by atoms with Crippen LogP contribution in [0.25, 0.3) is 0 Å². The molecule has 1 atom stereocenters. The molecule has 0 radical (unpaired) electrons. The Labute approximate surface area is 159 Å². The molecular formula is C20H21N3O3S. The van der Waals surface area contributed by atoms with Gasteiger partial charge in [0.2, 0.25) is 0 Å². The van der Waals surface area contributed by atoms with Crippen molar-refractivity contribution in [2.24, 2.45) is 4.40 Å². The Bertz CT molecular complexity index is 997. The number of rotatable bonds is 4. The fourth-order valence-electron chi connectivity index (χ4n) is 3.32. The highest BCUT2D eigenvalue weighted by atomic mass is 32.2. The van der Waals surface area contributed by atoms with E-state index in [1.807, 2.05) is 66.7 Å². The van der Waals surface area contributed by atoms with Crippen LogP contribution in [0.1, 0.15) is 17.9 Å². The van der Waals surface area contributed by atoms with Crippen molar-refractivity contribution in [1.82, 2.24) is 4.90 Å². The van der Waals surface area contributed by atoms with Crippen molar-refractivity contribution in [1.29, 1.82) is 0 Å². The van der Waals surface area contributed by atoms with Gasteiger partial charge in [0.1, 0.15) is 17.3 Å². The number of nitrogens with one attached hydrogen (secondary N) is 1. The zero-order valence-corrected chi connectivity index (χ0v) is 15.8. The number of hydrogen-bond acceptors (Lipinski definition) is 5. The van der Waals surface area contributed by atoms with Crippen molar-refractivity contribution in [2.75, 3.05) is 24.7 Å². The number of anilines is 1. The third kappa shape index (κ3) is 3.83.